The van der Waals surface area contributed by atoms with Crippen LogP contribution >= 0.6 is 0 Å². The van der Waals surface area contributed by atoms with Crippen molar-refractivity contribution in [3.05, 3.63) is 65.7 Å². The monoisotopic (exact) mass is 579 g/mol. The predicted molar refractivity (Wildman–Crippen MR) is 156 cm³/mol. The minimum atomic E-state index is -1.37. The summed E-state index contributed by atoms with van der Waals surface area (Å²) in [5.41, 5.74) is -1.25. The lowest BCUT2D eigenvalue weighted by atomic mass is 9.82. The minimum Gasteiger partial charge on any atom is -0.486 e. The quantitative estimate of drug-likeness (QED) is 0.484. The number of amides is 3. The van der Waals surface area contributed by atoms with Crippen molar-refractivity contribution in [2.45, 2.75) is 83.3 Å². The topological polar surface area (TPSA) is 123 Å². The van der Waals surface area contributed by atoms with Gasteiger partial charge in [-0.1, -0.05) is 42.5 Å². The SMILES string of the molecule is CC(C)(C)OC(=O)NC(C)(C)C(=O)NC(COCc1ccccc1)C(=O)N1CCC2(CC1)CC(=O)c1ccccc1O2. The lowest BCUT2D eigenvalue weighted by Gasteiger charge is -2.44. The van der Waals surface area contributed by atoms with Crippen molar-refractivity contribution in [2.75, 3.05) is 19.7 Å². The first kappa shape index (κ1) is 31.0. The highest BCUT2D eigenvalue weighted by Gasteiger charge is 2.44. The van der Waals surface area contributed by atoms with E-state index in [4.69, 9.17) is 14.2 Å². The zero-order valence-electron chi connectivity index (χ0n) is 25.0. The number of hydrogen-bond donors (Lipinski definition) is 2. The molecule has 42 heavy (non-hydrogen) atoms. The zero-order valence-corrected chi connectivity index (χ0v) is 25.0. The average Bonchev–Trinajstić information content (AvgIpc) is 2.91. The largest absolute Gasteiger partial charge is 0.486 e. The summed E-state index contributed by atoms with van der Waals surface area (Å²) in [4.78, 5) is 54.0. The number of carbonyl (C=O) groups is 4. The molecule has 1 spiro atoms. The number of fused-ring (bicyclic) bond motifs is 1. The Bertz CT molecular complexity index is 1290. The van der Waals surface area contributed by atoms with Crippen LogP contribution in [0.1, 0.15) is 69.8 Å². The smallest absolute Gasteiger partial charge is 0.408 e. The lowest BCUT2D eigenvalue weighted by Crippen LogP contribution is -2.61. The van der Waals surface area contributed by atoms with Crippen molar-refractivity contribution in [1.29, 1.82) is 0 Å². The fourth-order valence-corrected chi connectivity index (χ4v) is 5.07. The van der Waals surface area contributed by atoms with Crippen molar-refractivity contribution in [1.82, 2.24) is 15.5 Å². The van der Waals surface area contributed by atoms with Gasteiger partial charge in [-0.3, -0.25) is 14.4 Å². The molecule has 2 aliphatic rings. The second-order valence-electron chi connectivity index (χ2n) is 12.5. The third-order valence-corrected chi connectivity index (χ3v) is 7.36. The van der Waals surface area contributed by atoms with Crippen LogP contribution in [-0.4, -0.2) is 71.1 Å². The standard InChI is InChI=1S/C32H41N3O7/c1-30(2,3)42-29(39)34-31(4,5)28(38)33-24(21-40-20-22-11-7-6-8-12-22)27(37)35-17-15-32(16-18-35)19-25(36)23-13-9-10-14-26(23)41-32/h6-14,24H,15-21H2,1-5H3,(H,33,38)(H,34,39). The van der Waals surface area contributed by atoms with Crippen molar-refractivity contribution in [2.24, 2.45) is 0 Å². The summed E-state index contributed by atoms with van der Waals surface area (Å²) < 4.78 is 17.5. The molecule has 10 nitrogen and oxygen atoms in total. The van der Waals surface area contributed by atoms with E-state index in [-0.39, 0.29) is 31.3 Å². The van der Waals surface area contributed by atoms with Gasteiger partial charge in [0.1, 0.15) is 28.5 Å². The molecule has 1 unspecified atom stereocenters. The molecule has 226 valence electrons. The highest BCUT2D eigenvalue weighted by atomic mass is 16.6. The third kappa shape index (κ3) is 7.88. The Morgan fingerprint density at radius 1 is 0.976 bits per heavy atom. The van der Waals surface area contributed by atoms with Crippen LogP contribution in [0.4, 0.5) is 4.79 Å². The Balaban J connectivity index is 1.42. The first-order valence-electron chi connectivity index (χ1n) is 14.3. The second-order valence-corrected chi connectivity index (χ2v) is 12.5. The summed E-state index contributed by atoms with van der Waals surface area (Å²) in [6.45, 7) is 9.19. The van der Waals surface area contributed by atoms with Gasteiger partial charge in [0, 0.05) is 25.9 Å². The highest BCUT2D eigenvalue weighted by Crippen LogP contribution is 2.39. The van der Waals surface area contributed by atoms with Crippen LogP contribution in [0, 0.1) is 0 Å². The van der Waals surface area contributed by atoms with Gasteiger partial charge in [0.05, 0.1) is 25.2 Å². The molecular formula is C32H41N3O7. The van der Waals surface area contributed by atoms with E-state index >= 15 is 0 Å². The number of nitrogens with one attached hydrogen (secondary N) is 2. The number of alkyl carbamates (subject to hydrolysis) is 1. The molecule has 0 saturated carbocycles. The number of ketones is 1. The summed E-state index contributed by atoms with van der Waals surface area (Å²) in [5.74, 6) is -0.244. The van der Waals surface area contributed by atoms with Crippen LogP contribution in [0.3, 0.4) is 0 Å². The van der Waals surface area contributed by atoms with Crippen LogP contribution in [0.2, 0.25) is 0 Å². The predicted octanol–water partition coefficient (Wildman–Crippen LogP) is 4.02. The maximum absolute atomic E-state index is 13.8. The zero-order chi connectivity index (χ0) is 30.5. The fraction of sp³-hybridized carbons (Fsp3) is 0.500. The van der Waals surface area contributed by atoms with Gasteiger partial charge in [-0.25, -0.2) is 4.79 Å². The first-order chi connectivity index (χ1) is 19.8. The molecule has 0 radical (unpaired) electrons. The molecule has 1 fully saturated rings. The van der Waals surface area contributed by atoms with E-state index in [2.05, 4.69) is 10.6 Å². The van der Waals surface area contributed by atoms with E-state index in [0.717, 1.165) is 5.56 Å². The van der Waals surface area contributed by atoms with E-state index < -0.39 is 34.8 Å². The summed E-state index contributed by atoms with van der Waals surface area (Å²) in [6.07, 6.45) is 0.485. The average molecular weight is 580 g/mol. The molecule has 3 amide bonds. The molecule has 0 aliphatic carbocycles. The first-order valence-corrected chi connectivity index (χ1v) is 14.3. The normalized spacial score (nSPS) is 17.1. The number of likely N-dealkylation sites (tertiary alicyclic amines) is 1. The number of nitrogens with zero attached hydrogens (tertiary/aromatic N) is 1. The van der Waals surface area contributed by atoms with E-state index in [1.54, 1.807) is 51.7 Å². The van der Waals surface area contributed by atoms with Crippen LogP contribution < -0.4 is 15.4 Å². The molecule has 10 heteroatoms. The number of piperidine rings is 1. The molecule has 0 bridgehead atoms. The number of Topliss-reactive ketones (excluding diaryl/α,β-unsaturated/α-hetero) is 1. The molecule has 2 N–H and O–H groups in total. The van der Waals surface area contributed by atoms with Gasteiger partial charge >= 0.3 is 6.09 Å². The molecule has 2 heterocycles. The van der Waals surface area contributed by atoms with E-state index in [1.165, 1.54) is 0 Å². The van der Waals surface area contributed by atoms with Crippen molar-refractivity contribution >= 4 is 23.7 Å². The van der Waals surface area contributed by atoms with E-state index in [0.29, 0.717) is 37.2 Å². The van der Waals surface area contributed by atoms with Crippen molar-refractivity contribution in [3.8, 4) is 5.75 Å². The Kier molecular flexibility index (Phi) is 9.25. The third-order valence-electron chi connectivity index (χ3n) is 7.36. The van der Waals surface area contributed by atoms with Crippen LogP contribution in [0.5, 0.6) is 5.75 Å². The molecule has 0 aromatic heterocycles. The molecule has 1 saturated heterocycles. The molecule has 4 rings (SSSR count). The number of benzene rings is 2. The Morgan fingerprint density at radius 3 is 2.29 bits per heavy atom. The number of carbonyl (C=O) groups excluding carboxylic acids is 4. The fourth-order valence-electron chi connectivity index (χ4n) is 5.07. The van der Waals surface area contributed by atoms with Gasteiger partial charge in [-0.15, -0.1) is 0 Å². The number of para-hydroxylation sites is 1. The van der Waals surface area contributed by atoms with Gasteiger partial charge in [0.2, 0.25) is 11.8 Å². The summed E-state index contributed by atoms with van der Waals surface area (Å²) in [6, 6.07) is 15.8. The maximum atomic E-state index is 13.8. The second kappa shape index (κ2) is 12.5. The highest BCUT2D eigenvalue weighted by molar-refractivity contribution is 6.00. The molecule has 2 aromatic carbocycles. The van der Waals surface area contributed by atoms with Crippen molar-refractivity contribution < 1.29 is 33.4 Å². The Hall–Kier alpha value is -3.92. The van der Waals surface area contributed by atoms with Gasteiger partial charge in [-0.05, 0) is 52.3 Å². The number of hydrogen-bond acceptors (Lipinski definition) is 7. The molecule has 1 atom stereocenters. The van der Waals surface area contributed by atoms with Gasteiger partial charge < -0.3 is 29.7 Å². The summed E-state index contributed by atoms with van der Waals surface area (Å²) in [7, 11) is 0. The van der Waals surface area contributed by atoms with E-state index in [9.17, 15) is 19.2 Å². The van der Waals surface area contributed by atoms with Crippen LogP contribution in [0.15, 0.2) is 54.6 Å². The van der Waals surface area contributed by atoms with Crippen LogP contribution in [0.25, 0.3) is 0 Å². The molecular weight excluding hydrogens is 538 g/mol. The molecule has 2 aliphatic heterocycles. The minimum absolute atomic E-state index is 0.0378. The summed E-state index contributed by atoms with van der Waals surface area (Å²) in [5, 5.41) is 5.37. The summed E-state index contributed by atoms with van der Waals surface area (Å²) >= 11 is 0. The van der Waals surface area contributed by atoms with Gasteiger partial charge in [0.15, 0.2) is 5.78 Å². The lowest BCUT2D eigenvalue weighted by molar-refractivity contribution is -0.142. The Labute approximate surface area is 247 Å². The molecule has 2 aromatic rings. The Morgan fingerprint density at radius 2 is 1.62 bits per heavy atom. The van der Waals surface area contributed by atoms with E-state index in [1.807, 2.05) is 42.5 Å². The number of rotatable bonds is 8. The van der Waals surface area contributed by atoms with Gasteiger partial charge in [0.25, 0.3) is 0 Å². The van der Waals surface area contributed by atoms with Gasteiger partial charge in [-0.2, -0.15) is 0 Å². The maximum Gasteiger partial charge on any atom is 0.408 e. The number of ether oxygens (including phenoxy) is 3. The van der Waals surface area contributed by atoms with Crippen LogP contribution in [-0.2, 0) is 25.7 Å². The van der Waals surface area contributed by atoms with Crippen molar-refractivity contribution in [3.63, 3.8) is 0 Å².